The van der Waals surface area contributed by atoms with Crippen LogP contribution in [0.5, 0.6) is 0 Å². The van der Waals surface area contributed by atoms with E-state index in [2.05, 4.69) is 4.98 Å². The zero-order valence-electron chi connectivity index (χ0n) is 16.2. The number of carbonyl (C=O) groups is 3. The molecule has 168 valence electrons. The highest BCUT2D eigenvalue weighted by Gasteiger charge is 2.38. The predicted molar refractivity (Wildman–Crippen MR) is 98.4 cm³/mol. The summed E-state index contributed by atoms with van der Waals surface area (Å²) in [4.78, 5) is 42.6. The monoisotopic (exact) mass is 453 g/mol. The van der Waals surface area contributed by atoms with Crippen LogP contribution >= 0.6 is 11.3 Å². The molecule has 0 aromatic carbocycles. The van der Waals surface area contributed by atoms with Crippen LogP contribution in [-0.2, 0) is 31.9 Å². The van der Waals surface area contributed by atoms with Crippen molar-refractivity contribution < 1.29 is 42.1 Å². The minimum absolute atomic E-state index is 0.00121. The molecule has 3 heterocycles. The van der Waals surface area contributed by atoms with Crippen LogP contribution < -0.4 is 0 Å². The van der Waals surface area contributed by atoms with Crippen molar-refractivity contribution in [3.05, 3.63) is 15.6 Å². The highest BCUT2D eigenvalue weighted by molar-refractivity contribution is 7.13. The molecular weight excluding hydrogens is 431 g/mol. The first-order valence-electron chi connectivity index (χ1n) is 9.06. The first kappa shape index (κ1) is 24.0. The van der Waals surface area contributed by atoms with Crippen molar-refractivity contribution in [2.75, 3.05) is 53.1 Å². The van der Waals surface area contributed by atoms with Gasteiger partial charge in [-0.15, -0.1) is 11.3 Å². The summed E-state index contributed by atoms with van der Waals surface area (Å²) >= 11 is 1.47. The van der Waals surface area contributed by atoms with E-state index in [0.29, 0.717) is 50.8 Å². The van der Waals surface area contributed by atoms with E-state index in [9.17, 15) is 22.8 Å². The Morgan fingerprint density at radius 1 is 1.13 bits per heavy atom. The lowest BCUT2D eigenvalue weighted by atomic mass is 10.2. The van der Waals surface area contributed by atoms with Crippen molar-refractivity contribution in [2.24, 2.45) is 0 Å². The summed E-state index contributed by atoms with van der Waals surface area (Å²) in [5.74, 6) is -2.75. The van der Waals surface area contributed by atoms with E-state index in [1.807, 2.05) is 0 Å². The molecular formula is C17H22F3N3O6S. The minimum atomic E-state index is -5.08. The molecule has 1 N–H and O–H groups in total. The summed E-state index contributed by atoms with van der Waals surface area (Å²) in [6, 6.07) is 0. The fourth-order valence-corrected chi connectivity index (χ4v) is 3.89. The van der Waals surface area contributed by atoms with E-state index in [-0.39, 0.29) is 18.4 Å². The van der Waals surface area contributed by atoms with Crippen LogP contribution in [0.4, 0.5) is 13.2 Å². The summed E-state index contributed by atoms with van der Waals surface area (Å²) in [6.45, 7) is 3.83. The van der Waals surface area contributed by atoms with Crippen molar-refractivity contribution >= 4 is 29.1 Å². The van der Waals surface area contributed by atoms with Crippen LogP contribution in [0.25, 0.3) is 0 Å². The Morgan fingerprint density at radius 2 is 1.73 bits per heavy atom. The van der Waals surface area contributed by atoms with E-state index in [0.717, 1.165) is 17.0 Å². The zero-order chi connectivity index (χ0) is 22.3. The molecule has 2 aliphatic rings. The molecule has 0 spiro atoms. The van der Waals surface area contributed by atoms with Gasteiger partial charge < -0.3 is 24.4 Å². The van der Waals surface area contributed by atoms with E-state index in [4.69, 9.17) is 19.4 Å². The maximum atomic E-state index is 12.5. The lowest BCUT2D eigenvalue weighted by Crippen LogP contribution is -2.40. The maximum absolute atomic E-state index is 12.5. The molecule has 3 rings (SSSR count). The summed E-state index contributed by atoms with van der Waals surface area (Å²) in [7, 11) is 1.53. The second-order valence-electron chi connectivity index (χ2n) is 6.41. The largest absolute Gasteiger partial charge is 0.490 e. The Bertz CT molecular complexity index is 739. The number of morpholine rings is 1. The highest BCUT2D eigenvalue weighted by Crippen LogP contribution is 2.24. The number of thiazole rings is 1. The van der Waals surface area contributed by atoms with E-state index in [1.165, 1.54) is 18.4 Å². The molecule has 2 aliphatic heterocycles. The number of carboxylic acid groups (broad SMARTS) is 1. The lowest BCUT2D eigenvalue weighted by Gasteiger charge is -2.25. The fraction of sp³-hybridized carbons (Fsp3) is 0.647. The number of carboxylic acids is 1. The molecule has 0 atom stereocenters. The molecule has 2 amide bonds. The van der Waals surface area contributed by atoms with Crippen LogP contribution in [0.2, 0.25) is 0 Å². The number of aromatic nitrogens is 1. The molecule has 0 saturated carbocycles. The summed E-state index contributed by atoms with van der Waals surface area (Å²) in [5, 5.41) is 7.69. The van der Waals surface area contributed by atoms with Crippen molar-refractivity contribution in [1.82, 2.24) is 14.8 Å². The number of alkyl halides is 3. The molecule has 1 saturated heterocycles. The van der Waals surface area contributed by atoms with Crippen molar-refractivity contribution in [2.45, 2.75) is 19.0 Å². The first-order valence-corrected chi connectivity index (χ1v) is 9.87. The van der Waals surface area contributed by atoms with Gasteiger partial charge in [-0.3, -0.25) is 9.59 Å². The number of amides is 2. The normalized spacial score (nSPS) is 16.8. The molecule has 9 nitrogen and oxygen atoms in total. The third-order valence-electron chi connectivity index (χ3n) is 4.35. The first-order chi connectivity index (χ1) is 14.1. The molecule has 30 heavy (non-hydrogen) atoms. The number of aliphatic carboxylic acids is 1. The third-order valence-corrected chi connectivity index (χ3v) is 5.50. The molecule has 13 heteroatoms. The van der Waals surface area contributed by atoms with Gasteiger partial charge in [0, 0.05) is 51.0 Å². The van der Waals surface area contributed by atoms with E-state index < -0.39 is 12.1 Å². The topological polar surface area (TPSA) is 109 Å². The van der Waals surface area contributed by atoms with Gasteiger partial charge in [-0.1, -0.05) is 0 Å². The number of fused-ring (bicyclic) bond motifs is 1. The van der Waals surface area contributed by atoms with Crippen LogP contribution in [-0.4, -0.2) is 97.0 Å². The number of ether oxygens (including phenoxy) is 2. The van der Waals surface area contributed by atoms with Crippen LogP contribution in [0.15, 0.2) is 0 Å². The van der Waals surface area contributed by atoms with Gasteiger partial charge in [-0.2, -0.15) is 13.2 Å². The van der Waals surface area contributed by atoms with E-state index >= 15 is 0 Å². The van der Waals surface area contributed by atoms with Gasteiger partial charge in [0.2, 0.25) is 5.91 Å². The Morgan fingerprint density at radius 3 is 2.30 bits per heavy atom. The number of carbonyl (C=O) groups excluding carboxylic acids is 2. The SMILES string of the molecule is COCC(=O)N1CCc2nc(C(=O)N3CCOCC3)sc2CC1.O=C(O)C(F)(F)F. The Labute approximate surface area is 174 Å². The van der Waals surface area contributed by atoms with Crippen molar-refractivity contribution in [3.63, 3.8) is 0 Å². The average molecular weight is 453 g/mol. The molecule has 0 bridgehead atoms. The number of halogens is 3. The third kappa shape index (κ3) is 6.64. The van der Waals surface area contributed by atoms with Gasteiger partial charge in [0.05, 0.1) is 18.9 Å². The Hall–Kier alpha value is -2.25. The van der Waals surface area contributed by atoms with Gasteiger partial charge in [0.1, 0.15) is 6.61 Å². The highest BCUT2D eigenvalue weighted by atomic mass is 32.1. The number of hydrogen-bond donors (Lipinski definition) is 1. The Balaban J connectivity index is 0.000000396. The molecule has 1 aromatic rings. The standard InChI is InChI=1S/C15H21N3O4S.C2HF3O2/c1-21-10-13(19)17-4-2-11-12(3-5-17)23-14(16-11)15(20)18-6-8-22-9-7-18;3-2(4,5)1(6)7/h2-10H2,1H3;(H,6,7). The van der Waals surface area contributed by atoms with E-state index in [1.54, 1.807) is 9.80 Å². The lowest BCUT2D eigenvalue weighted by molar-refractivity contribution is -0.192. The van der Waals surface area contributed by atoms with Crippen molar-refractivity contribution in [1.29, 1.82) is 0 Å². The molecule has 1 aromatic heterocycles. The number of methoxy groups -OCH3 is 1. The Kier molecular flexibility index (Phi) is 8.55. The summed E-state index contributed by atoms with van der Waals surface area (Å²) in [6.07, 6.45) is -3.64. The average Bonchev–Trinajstić information content (AvgIpc) is 3.01. The predicted octanol–water partition coefficient (Wildman–Crippen LogP) is 0.822. The summed E-state index contributed by atoms with van der Waals surface area (Å²) in [5.41, 5.74) is 0.958. The van der Waals surface area contributed by atoms with Gasteiger partial charge >= 0.3 is 12.1 Å². The smallest absolute Gasteiger partial charge is 0.475 e. The quantitative estimate of drug-likeness (QED) is 0.722. The summed E-state index contributed by atoms with van der Waals surface area (Å²) < 4.78 is 41.9. The van der Waals surface area contributed by atoms with Gasteiger partial charge in [-0.25, -0.2) is 9.78 Å². The fourth-order valence-electron chi connectivity index (χ4n) is 2.82. The van der Waals surface area contributed by atoms with Gasteiger partial charge in [-0.05, 0) is 0 Å². The number of rotatable bonds is 3. The molecule has 0 unspecified atom stereocenters. The van der Waals surface area contributed by atoms with Crippen LogP contribution in [0, 0.1) is 0 Å². The second-order valence-corrected chi connectivity index (χ2v) is 7.49. The zero-order valence-corrected chi connectivity index (χ0v) is 17.1. The maximum Gasteiger partial charge on any atom is 0.490 e. The second kappa shape index (κ2) is 10.7. The van der Waals surface area contributed by atoms with Crippen LogP contribution in [0.3, 0.4) is 0 Å². The number of hydrogen-bond acceptors (Lipinski definition) is 7. The van der Waals surface area contributed by atoms with Gasteiger partial charge in [0.25, 0.3) is 5.91 Å². The molecule has 1 fully saturated rings. The van der Waals surface area contributed by atoms with Crippen LogP contribution in [0.1, 0.15) is 20.4 Å². The minimum Gasteiger partial charge on any atom is -0.475 e. The number of nitrogens with zero attached hydrogens (tertiary/aromatic N) is 3. The van der Waals surface area contributed by atoms with Gasteiger partial charge in [0.15, 0.2) is 5.01 Å². The molecule has 0 aliphatic carbocycles. The van der Waals surface area contributed by atoms with Crippen molar-refractivity contribution in [3.8, 4) is 0 Å². The molecule has 0 radical (unpaired) electrons.